The quantitative estimate of drug-likeness (QED) is 0.745. The van der Waals surface area contributed by atoms with Crippen LogP contribution in [0.15, 0.2) is 42.5 Å². The summed E-state index contributed by atoms with van der Waals surface area (Å²) in [5.41, 5.74) is 0.240. The van der Waals surface area contributed by atoms with E-state index in [9.17, 15) is 9.90 Å². The van der Waals surface area contributed by atoms with Crippen LogP contribution in [0.5, 0.6) is 11.5 Å². The SMILES string of the molecule is O=C(NCC1CNCC1O)c1c(Cl)cccc1Oc1ccccc1Cl. The number of rotatable bonds is 5. The summed E-state index contributed by atoms with van der Waals surface area (Å²) in [5, 5.41) is 16.4. The first kappa shape index (κ1) is 18.0. The largest absolute Gasteiger partial charge is 0.455 e. The average Bonchev–Trinajstić information content (AvgIpc) is 3.00. The number of halogens is 2. The van der Waals surface area contributed by atoms with Crippen molar-refractivity contribution in [3.05, 3.63) is 58.1 Å². The van der Waals surface area contributed by atoms with E-state index in [1.807, 2.05) is 0 Å². The molecule has 2 aromatic carbocycles. The second kappa shape index (κ2) is 8.06. The number of hydrogen-bond donors (Lipinski definition) is 3. The minimum atomic E-state index is -0.467. The zero-order valence-corrected chi connectivity index (χ0v) is 14.8. The molecule has 2 aromatic rings. The molecule has 1 aliphatic heterocycles. The molecular formula is C18H18Cl2N2O3. The zero-order chi connectivity index (χ0) is 17.8. The van der Waals surface area contributed by atoms with Crippen LogP contribution < -0.4 is 15.4 Å². The number of carbonyl (C=O) groups is 1. The van der Waals surface area contributed by atoms with E-state index in [1.165, 1.54) is 0 Å². The molecule has 3 N–H and O–H groups in total. The normalized spacial score (nSPS) is 19.6. The van der Waals surface area contributed by atoms with Crippen molar-refractivity contribution in [3.8, 4) is 11.5 Å². The van der Waals surface area contributed by atoms with E-state index in [0.29, 0.717) is 36.2 Å². The number of para-hydroxylation sites is 1. The van der Waals surface area contributed by atoms with Gasteiger partial charge in [-0.1, -0.05) is 41.4 Å². The van der Waals surface area contributed by atoms with Gasteiger partial charge in [0.05, 0.1) is 16.1 Å². The van der Waals surface area contributed by atoms with Gasteiger partial charge in [-0.3, -0.25) is 4.79 Å². The molecule has 0 spiro atoms. The Morgan fingerprint density at radius 3 is 2.56 bits per heavy atom. The van der Waals surface area contributed by atoms with Gasteiger partial charge in [-0.25, -0.2) is 0 Å². The molecule has 1 heterocycles. The highest BCUT2D eigenvalue weighted by Crippen LogP contribution is 2.33. The number of amides is 1. The standard InChI is InChI=1S/C18H18Cl2N2O3/c19-12-4-1-2-6-15(12)25-16-7-3-5-13(20)17(16)18(24)22-9-11-8-21-10-14(11)23/h1-7,11,14,21,23H,8-10H2,(H,22,24). The number of aliphatic hydroxyl groups excluding tert-OH is 1. The molecule has 5 nitrogen and oxygen atoms in total. The van der Waals surface area contributed by atoms with Gasteiger partial charge in [-0.2, -0.15) is 0 Å². The fourth-order valence-corrected chi connectivity index (χ4v) is 3.12. The van der Waals surface area contributed by atoms with Gasteiger partial charge in [0.2, 0.25) is 0 Å². The molecule has 0 aliphatic carbocycles. The Kier molecular flexibility index (Phi) is 5.81. The van der Waals surface area contributed by atoms with Crippen LogP contribution in [0, 0.1) is 5.92 Å². The molecule has 0 bridgehead atoms. The summed E-state index contributed by atoms with van der Waals surface area (Å²) in [6.45, 7) is 1.55. The maximum atomic E-state index is 12.6. The number of benzene rings is 2. The van der Waals surface area contributed by atoms with Crippen LogP contribution >= 0.6 is 23.2 Å². The minimum Gasteiger partial charge on any atom is -0.455 e. The van der Waals surface area contributed by atoms with Crippen LogP contribution in [0.25, 0.3) is 0 Å². The van der Waals surface area contributed by atoms with Crippen LogP contribution in [-0.2, 0) is 0 Å². The predicted octanol–water partition coefficient (Wildman–Crippen LogP) is 3.10. The molecule has 1 amide bonds. The van der Waals surface area contributed by atoms with Crippen LogP contribution in [-0.4, -0.2) is 36.8 Å². The Balaban J connectivity index is 1.78. The summed E-state index contributed by atoms with van der Waals surface area (Å²) in [5.74, 6) is 0.380. The lowest BCUT2D eigenvalue weighted by Crippen LogP contribution is -2.34. The third kappa shape index (κ3) is 4.25. The summed E-state index contributed by atoms with van der Waals surface area (Å²) >= 11 is 12.3. The van der Waals surface area contributed by atoms with E-state index in [2.05, 4.69) is 10.6 Å². The number of β-amino-alcohol motifs (C(OH)–C–C–N with tert-alkyl or cyclic N) is 1. The van der Waals surface area contributed by atoms with E-state index in [4.69, 9.17) is 27.9 Å². The minimum absolute atomic E-state index is 0.0284. The van der Waals surface area contributed by atoms with Gasteiger partial charge >= 0.3 is 0 Å². The molecule has 0 aromatic heterocycles. The maximum Gasteiger partial charge on any atom is 0.256 e. The summed E-state index contributed by atoms with van der Waals surface area (Å²) in [6, 6.07) is 12.0. The molecular weight excluding hydrogens is 363 g/mol. The van der Waals surface area contributed by atoms with Gasteiger partial charge in [0.15, 0.2) is 0 Å². The van der Waals surface area contributed by atoms with Crippen molar-refractivity contribution in [2.24, 2.45) is 5.92 Å². The van der Waals surface area contributed by atoms with Gasteiger partial charge in [0, 0.05) is 25.6 Å². The molecule has 0 saturated carbocycles. The number of ether oxygens (including phenoxy) is 1. The van der Waals surface area contributed by atoms with Crippen LogP contribution in [0.4, 0.5) is 0 Å². The third-order valence-corrected chi connectivity index (χ3v) is 4.72. The Morgan fingerprint density at radius 2 is 1.84 bits per heavy atom. The number of hydrogen-bond acceptors (Lipinski definition) is 4. The van der Waals surface area contributed by atoms with Crippen molar-refractivity contribution in [2.45, 2.75) is 6.10 Å². The van der Waals surface area contributed by atoms with E-state index in [-0.39, 0.29) is 22.4 Å². The molecule has 1 fully saturated rings. The molecule has 2 atom stereocenters. The van der Waals surface area contributed by atoms with Crippen molar-refractivity contribution >= 4 is 29.1 Å². The topological polar surface area (TPSA) is 70.6 Å². The second-order valence-corrected chi connectivity index (χ2v) is 6.66. The van der Waals surface area contributed by atoms with Crippen LogP contribution in [0.3, 0.4) is 0 Å². The lowest BCUT2D eigenvalue weighted by Gasteiger charge is -2.16. The lowest BCUT2D eigenvalue weighted by molar-refractivity contribution is 0.0925. The summed E-state index contributed by atoms with van der Waals surface area (Å²) < 4.78 is 5.80. The fourth-order valence-electron chi connectivity index (χ4n) is 2.70. The second-order valence-electron chi connectivity index (χ2n) is 5.84. The number of carbonyl (C=O) groups excluding carboxylic acids is 1. The highest BCUT2D eigenvalue weighted by molar-refractivity contribution is 6.34. The Hall–Kier alpha value is -1.79. The third-order valence-electron chi connectivity index (χ3n) is 4.09. The number of nitrogens with one attached hydrogen (secondary N) is 2. The van der Waals surface area contributed by atoms with E-state index in [1.54, 1.807) is 42.5 Å². The van der Waals surface area contributed by atoms with Gasteiger partial charge in [-0.05, 0) is 24.3 Å². The van der Waals surface area contributed by atoms with Crippen molar-refractivity contribution < 1.29 is 14.6 Å². The summed E-state index contributed by atoms with van der Waals surface area (Å²) in [6.07, 6.45) is -0.467. The van der Waals surface area contributed by atoms with Crippen LogP contribution in [0.2, 0.25) is 10.0 Å². The molecule has 2 unspecified atom stereocenters. The van der Waals surface area contributed by atoms with Gasteiger partial charge in [0.1, 0.15) is 17.1 Å². The van der Waals surface area contributed by atoms with Gasteiger partial charge < -0.3 is 20.5 Å². The van der Waals surface area contributed by atoms with Crippen LogP contribution in [0.1, 0.15) is 10.4 Å². The molecule has 132 valence electrons. The zero-order valence-electron chi connectivity index (χ0n) is 13.3. The first-order valence-corrected chi connectivity index (χ1v) is 8.69. The molecule has 1 saturated heterocycles. The highest BCUT2D eigenvalue weighted by atomic mass is 35.5. The molecule has 25 heavy (non-hydrogen) atoms. The average molecular weight is 381 g/mol. The first-order valence-electron chi connectivity index (χ1n) is 7.94. The Morgan fingerprint density at radius 1 is 1.12 bits per heavy atom. The van der Waals surface area contributed by atoms with Gasteiger partial charge in [0.25, 0.3) is 5.91 Å². The van der Waals surface area contributed by atoms with E-state index < -0.39 is 6.10 Å². The first-order chi connectivity index (χ1) is 12.1. The maximum absolute atomic E-state index is 12.6. The summed E-state index contributed by atoms with van der Waals surface area (Å²) in [7, 11) is 0. The molecule has 0 radical (unpaired) electrons. The number of aliphatic hydroxyl groups is 1. The van der Waals surface area contributed by atoms with Crippen molar-refractivity contribution in [3.63, 3.8) is 0 Å². The predicted molar refractivity (Wildman–Crippen MR) is 97.7 cm³/mol. The smallest absolute Gasteiger partial charge is 0.256 e. The molecule has 3 rings (SSSR count). The van der Waals surface area contributed by atoms with Crippen molar-refractivity contribution in [1.82, 2.24) is 10.6 Å². The van der Waals surface area contributed by atoms with Crippen molar-refractivity contribution in [2.75, 3.05) is 19.6 Å². The Bertz CT molecular complexity index is 770. The van der Waals surface area contributed by atoms with E-state index in [0.717, 1.165) is 0 Å². The summed E-state index contributed by atoms with van der Waals surface area (Å²) in [4.78, 5) is 12.6. The van der Waals surface area contributed by atoms with Gasteiger partial charge in [-0.15, -0.1) is 0 Å². The fraction of sp³-hybridized carbons (Fsp3) is 0.278. The monoisotopic (exact) mass is 380 g/mol. The molecule has 7 heteroatoms. The van der Waals surface area contributed by atoms with E-state index >= 15 is 0 Å². The lowest BCUT2D eigenvalue weighted by atomic mass is 10.1. The molecule has 1 aliphatic rings. The van der Waals surface area contributed by atoms with Crippen molar-refractivity contribution in [1.29, 1.82) is 0 Å². The Labute approximate surface area is 155 Å². The highest BCUT2D eigenvalue weighted by Gasteiger charge is 2.26.